The van der Waals surface area contributed by atoms with Crippen molar-refractivity contribution >= 4 is 39.9 Å². The van der Waals surface area contributed by atoms with Crippen molar-refractivity contribution in [2.45, 2.75) is 75.3 Å². The minimum absolute atomic E-state index is 0.00634. The van der Waals surface area contributed by atoms with E-state index in [0.29, 0.717) is 4.60 Å². The number of halogens is 2. The van der Waals surface area contributed by atoms with Crippen LogP contribution in [0.5, 0.6) is 0 Å². The lowest BCUT2D eigenvalue weighted by Crippen LogP contribution is -3.20. The summed E-state index contributed by atoms with van der Waals surface area (Å²) >= 11 is 3.50. The van der Waals surface area contributed by atoms with E-state index >= 15 is 4.39 Å². The molecule has 0 amide bonds. The largest absolute Gasteiger partial charge is 0.634 e. The highest BCUT2D eigenvalue weighted by molar-refractivity contribution is 9.10. The fourth-order valence-corrected chi connectivity index (χ4v) is 11.3. The van der Waals surface area contributed by atoms with Crippen LogP contribution in [0.2, 0.25) is 18.1 Å². The number of aliphatic hydroxyl groups excluding tert-OH is 1. The zero-order valence-corrected chi connectivity index (χ0v) is 22.3. The Morgan fingerprint density at radius 2 is 1.93 bits per heavy atom. The fraction of sp³-hybridized carbons (Fsp3) is 0.750. The van der Waals surface area contributed by atoms with E-state index in [2.05, 4.69) is 46.0 Å². The third-order valence-corrected chi connectivity index (χ3v) is 15.8. The minimum Gasteiger partial charge on any atom is -0.634 e. The number of rotatable bonds is 7. The Morgan fingerprint density at radius 1 is 1.37 bits per heavy atom. The van der Waals surface area contributed by atoms with E-state index in [-0.39, 0.29) is 36.3 Å². The van der Waals surface area contributed by atoms with Gasteiger partial charge in [0.2, 0.25) is 0 Å². The summed E-state index contributed by atoms with van der Waals surface area (Å²) in [5.74, 6) is -0.297. The first-order chi connectivity index (χ1) is 13.9. The van der Waals surface area contributed by atoms with Crippen LogP contribution in [0.3, 0.4) is 0 Å². The van der Waals surface area contributed by atoms with Gasteiger partial charge in [-0.3, -0.25) is 4.36 Å². The minimum atomic E-state index is -2.04. The maximum absolute atomic E-state index is 16.2. The summed E-state index contributed by atoms with van der Waals surface area (Å²) in [6.45, 7) is 12.1. The normalized spacial score (nSPS) is 29.4. The van der Waals surface area contributed by atoms with E-state index in [4.69, 9.17) is 5.73 Å². The van der Waals surface area contributed by atoms with E-state index in [1.165, 1.54) is 0 Å². The van der Waals surface area contributed by atoms with E-state index in [0.717, 1.165) is 23.3 Å². The first kappa shape index (κ1) is 26.0. The summed E-state index contributed by atoms with van der Waals surface area (Å²) in [6.07, 6.45) is 0. The van der Waals surface area contributed by atoms with Crippen molar-refractivity contribution in [3.8, 4) is 0 Å². The molecule has 3 unspecified atom stereocenters. The predicted molar refractivity (Wildman–Crippen MR) is 129 cm³/mol. The molecule has 0 spiro atoms. The lowest BCUT2D eigenvalue weighted by molar-refractivity contribution is -0.905. The molecule has 10 heteroatoms. The number of pyridine rings is 1. The first-order valence-corrected chi connectivity index (χ1v) is 15.3. The topological polar surface area (TPSA) is 99.0 Å². The number of aliphatic hydroxyl groups is 1. The first-order valence-electron chi connectivity index (χ1n) is 10.6. The molecular formula is C20H36BrFN4O2SSi. The van der Waals surface area contributed by atoms with Crippen molar-refractivity contribution in [1.82, 2.24) is 4.98 Å². The van der Waals surface area contributed by atoms with Crippen LogP contribution in [0, 0.1) is 11.0 Å². The molecule has 1 fully saturated rings. The number of hydroxylamine groups is 2. The van der Waals surface area contributed by atoms with Gasteiger partial charge >= 0.3 is 0 Å². The van der Waals surface area contributed by atoms with Gasteiger partial charge in [0.15, 0.2) is 0 Å². The van der Waals surface area contributed by atoms with E-state index in [9.17, 15) is 10.3 Å². The van der Waals surface area contributed by atoms with Gasteiger partial charge in [-0.1, -0.05) is 49.6 Å². The molecule has 30 heavy (non-hydrogen) atoms. The highest BCUT2D eigenvalue weighted by Gasteiger charge is 2.53. The van der Waals surface area contributed by atoms with Crippen molar-refractivity contribution in [2.75, 3.05) is 19.7 Å². The highest BCUT2D eigenvalue weighted by Crippen LogP contribution is 2.36. The Bertz CT molecular complexity index is 801. The van der Waals surface area contributed by atoms with Gasteiger partial charge in [0, 0.05) is 0 Å². The predicted octanol–water partition coefficient (Wildman–Crippen LogP) is 2.17. The summed E-state index contributed by atoms with van der Waals surface area (Å²) < 4.78 is 20.5. The van der Waals surface area contributed by atoms with Gasteiger partial charge in [-0.2, -0.15) is 0 Å². The molecule has 2 heterocycles. The summed E-state index contributed by atoms with van der Waals surface area (Å²) in [5.41, 5.74) is 6.07. The zero-order valence-electron chi connectivity index (χ0n) is 18.9. The van der Waals surface area contributed by atoms with Gasteiger partial charge in [0.05, 0.1) is 33.5 Å². The Kier molecular flexibility index (Phi) is 8.43. The number of hydrogen-bond acceptors (Lipinski definition) is 5. The zero-order chi connectivity index (χ0) is 22.9. The smallest absolute Gasteiger partial charge is 0.145 e. The van der Waals surface area contributed by atoms with Crippen molar-refractivity contribution in [1.29, 1.82) is 0 Å². The van der Waals surface area contributed by atoms with Gasteiger partial charge < -0.3 is 21.1 Å². The Labute approximate surface area is 191 Å². The molecule has 0 aliphatic carbocycles. The average molecular weight is 524 g/mol. The summed E-state index contributed by atoms with van der Waals surface area (Å²) in [5, 5.41) is 22.6. The number of nitrogens with zero attached hydrogens (tertiary/aromatic N) is 2. The molecule has 0 bridgehead atoms. The van der Waals surface area contributed by atoms with E-state index in [1.807, 2.05) is 26.8 Å². The van der Waals surface area contributed by atoms with Crippen LogP contribution < -0.4 is 16.0 Å². The molecule has 1 aromatic rings. The standard InChI is InChI=1S/C20H36BrFN4O2SSi/c1-7-30(8-2,9-3)14-12-15(21)25-17(16(14)22)20(6)13-26(28)19(4,5)18(23)29(20)24-10-11-27/h12,18,26-27H,7-11,13,23H2,1-6H3/t18?,20-,29?/m1/s1. The number of quaternary nitrogens is 1. The Balaban J connectivity index is 2.79. The van der Waals surface area contributed by atoms with Crippen LogP contribution >= 0.6 is 15.9 Å². The van der Waals surface area contributed by atoms with Gasteiger partial charge in [-0.05, 0) is 48.0 Å². The van der Waals surface area contributed by atoms with E-state index in [1.54, 1.807) is 0 Å². The lowest BCUT2D eigenvalue weighted by atomic mass is 9.99. The third kappa shape index (κ3) is 4.33. The Morgan fingerprint density at radius 3 is 2.43 bits per heavy atom. The second kappa shape index (κ2) is 9.72. The van der Waals surface area contributed by atoms with Gasteiger partial charge in [-0.15, -0.1) is 0 Å². The Hall–Kier alpha value is -0.233. The summed E-state index contributed by atoms with van der Waals surface area (Å²) in [6, 6.07) is 4.66. The number of aromatic nitrogens is 1. The monoisotopic (exact) mass is 522 g/mol. The summed E-state index contributed by atoms with van der Waals surface area (Å²) in [7, 11) is -2.91. The van der Waals surface area contributed by atoms with Crippen LogP contribution in [-0.2, 0) is 15.4 Å². The average Bonchev–Trinajstić information content (AvgIpc) is 2.70. The third-order valence-electron chi connectivity index (χ3n) is 6.99. The van der Waals surface area contributed by atoms with Crippen molar-refractivity contribution in [3.05, 3.63) is 27.4 Å². The quantitative estimate of drug-likeness (QED) is 0.290. The molecule has 0 aromatic carbocycles. The van der Waals surface area contributed by atoms with Crippen molar-refractivity contribution < 1.29 is 14.6 Å². The van der Waals surface area contributed by atoms with Crippen LogP contribution in [0.4, 0.5) is 4.39 Å². The van der Waals surface area contributed by atoms with Crippen LogP contribution in [0.1, 0.15) is 47.2 Å². The second-order valence-corrected chi connectivity index (χ2v) is 17.2. The molecule has 2 rings (SSSR count). The molecule has 1 aliphatic heterocycles. The van der Waals surface area contributed by atoms with Crippen LogP contribution in [-0.4, -0.2) is 48.8 Å². The molecular weight excluding hydrogens is 487 g/mol. The van der Waals surface area contributed by atoms with Gasteiger partial charge in [-0.25, -0.2) is 9.37 Å². The van der Waals surface area contributed by atoms with Gasteiger partial charge in [0.25, 0.3) is 0 Å². The molecule has 172 valence electrons. The molecule has 6 nitrogen and oxygen atoms in total. The number of hydrogen-bond donors (Lipinski definition) is 3. The molecule has 4 N–H and O–H groups in total. The highest BCUT2D eigenvalue weighted by atomic mass is 79.9. The lowest BCUT2D eigenvalue weighted by Gasteiger charge is -2.53. The fourth-order valence-electron chi connectivity index (χ4n) is 4.43. The molecule has 1 saturated heterocycles. The van der Waals surface area contributed by atoms with Crippen molar-refractivity contribution in [3.63, 3.8) is 0 Å². The van der Waals surface area contributed by atoms with Crippen LogP contribution in [0.15, 0.2) is 15.0 Å². The molecule has 1 aliphatic rings. The SMILES string of the molecule is CC[Si](CC)(CC)c1cc(Br)nc([C@@]2(C)C[NH+]([O-])C(C)(C)C(N)S2=NCCO)c1F. The van der Waals surface area contributed by atoms with Crippen LogP contribution in [0.25, 0.3) is 0 Å². The molecule has 1 aromatic heterocycles. The van der Waals surface area contributed by atoms with E-state index < -0.39 is 34.4 Å². The number of nitrogens with two attached hydrogens (primary N) is 1. The van der Waals surface area contributed by atoms with Gasteiger partial charge in [0.1, 0.15) is 26.1 Å². The molecule has 0 saturated carbocycles. The molecule has 0 radical (unpaired) electrons. The maximum atomic E-state index is 16.2. The maximum Gasteiger partial charge on any atom is 0.145 e. The second-order valence-electron chi connectivity index (χ2n) is 8.86. The molecule has 4 atom stereocenters. The van der Waals surface area contributed by atoms with Crippen molar-refractivity contribution in [2.24, 2.45) is 10.1 Å². The number of nitrogens with one attached hydrogen (secondary N) is 1. The summed E-state index contributed by atoms with van der Waals surface area (Å²) in [4.78, 5) is 4.56.